The fourth-order valence-electron chi connectivity index (χ4n) is 2.46. The monoisotopic (exact) mass is 482 g/mol. The molecule has 0 saturated heterocycles. The maximum atomic E-state index is 11.4. The van der Waals surface area contributed by atoms with Crippen LogP contribution in [0.1, 0.15) is 16.2 Å². The minimum absolute atomic E-state index is 0. The van der Waals surface area contributed by atoms with Crippen LogP contribution in [0.4, 0.5) is 5.69 Å². The van der Waals surface area contributed by atoms with Crippen molar-refractivity contribution in [1.29, 1.82) is 0 Å². The predicted molar refractivity (Wildman–Crippen MR) is 113 cm³/mol. The van der Waals surface area contributed by atoms with Gasteiger partial charge >= 0.3 is 5.97 Å². The van der Waals surface area contributed by atoms with Gasteiger partial charge in [0.2, 0.25) is 5.82 Å². The smallest absolute Gasteiger partial charge is 0.372 e. The fraction of sp³-hybridized carbons (Fsp3) is 0.111. The molecule has 5 N–H and O–H groups in total. The Morgan fingerprint density at radius 2 is 2.00 bits per heavy atom. The summed E-state index contributed by atoms with van der Waals surface area (Å²) in [6.45, 7) is 0.561. The quantitative estimate of drug-likeness (QED) is 0.437. The summed E-state index contributed by atoms with van der Waals surface area (Å²) in [5.74, 6) is -1.03. The van der Waals surface area contributed by atoms with Crippen molar-refractivity contribution in [2.45, 2.75) is 6.54 Å². The molecular formula is C18H16BrClN4O5. The summed E-state index contributed by atoms with van der Waals surface area (Å²) in [5, 5.41) is 11.8. The van der Waals surface area contributed by atoms with Crippen LogP contribution in [-0.4, -0.2) is 33.6 Å². The van der Waals surface area contributed by atoms with Crippen LogP contribution in [0.15, 0.2) is 45.7 Å². The van der Waals surface area contributed by atoms with E-state index in [1.54, 1.807) is 24.3 Å². The van der Waals surface area contributed by atoms with E-state index in [0.717, 1.165) is 10.0 Å². The molecule has 4 rings (SSSR count). The van der Waals surface area contributed by atoms with Gasteiger partial charge in [-0.1, -0.05) is 22.0 Å². The molecule has 152 valence electrons. The molecule has 0 bridgehead atoms. The van der Waals surface area contributed by atoms with Crippen LogP contribution in [0.3, 0.4) is 0 Å². The molecule has 0 fully saturated rings. The number of carboxylic acids is 1. The molecule has 0 radical (unpaired) electrons. The second-order valence-electron chi connectivity index (χ2n) is 5.75. The Morgan fingerprint density at radius 1 is 1.24 bits per heavy atom. The van der Waals surface area contributed by atoms with E-state index in [-0.39, 0.29) is 30.7 Å². The zero-order chi connectivity index (χ0) is 20.3. The van der Waals surface area contributed by atoms with Crippen LogP contribution in [0.2, 0.25) is 0 Å². The highest BCUT2D eigenvalue weighted by Gasteiger charge is 2.15. The second kappa shape index (κ2) is 9.50. The number of hydrogen-bond donors (Lipinski definition) is 4. The standard InChI is InChI=1S/C9H5BrN2O3.C9H10N2O2.ClH/c10-4-1-2-5-6(3-4)11-7(9(14)15)12-8(5)13;10-4-6-1-2-7-8(3-6)13-5-9(12)11-7;/h1-3H,(H,14,15)(H,11,12,13);1-3H,4-5,10H2,(H,11,12);1H. The van der Waals surface area contributed by atoms with Crippen LogP contribution < -0.4 is 21.3 Å². The third kappa shape index (κ3) is 5.31. The third-order valence-corrected chi connectivity index (χ3v) is 4.28. The van der Waals surface area contributed by atoms with E-state index in [1.165, 1.54) is 0 Å². The lowest BCUT2D eigenvalue weighted by Crippen LogP contribution is -2.25. The first kappa shape index (κ1) is 22.3. The first-order valence-corrected chi connectivity index (χ1v) is 8.85. The van der Waals surface area contributed by atoms with Gasteiger partial charge in [-0.2, -0.15) is 0 Å². The molecule has 0 aliphatic carbocycles. The molecule has 9 nitrogen and oxygen atoms in total. The number of nitrogens with zero attached hydrogens (tertiary/aromatic N) is 1. The van der Waals surface area contributed by atoms with Crippen molar-refractivity contribution >= 4 is 56.8 Å². The molecule has 0 atom stereocenters. The van der Waals surface area contributed by atoms with Crippen molar-refractivity contribution < 1.29 is 19.4 Å². The summed E-state index contributed by atoms with van der Waals surface area (Å²) < 4.78 is 5.95. The molecule has 11 heteroatoms. The SMILES string of the molecule is Cl.NCc1ccc2c(c1)OCC(=O)N2.O=C(O)c1nc2cc(Br)ccc2c(=O)[nH]1. The number of aromatic amines is 1. The first-order valence-electron chi connectivity index (χ1n) is 8.06. The lowest BCUT2D eigenvalue weighted by Gasteiger charge is -2.18. The molecule has 29 heavy (non-hydrogen) atoms. The largest absolute Gasteiger partial charge is 0.482 e. The Kier molecular flexibility index (Phi) is 7.32. The Morgan fingerprint density at radius 3 is 2.69 bits per heavy atom. The number of H-pyrrole nitrogens is 1. The number of carbonyl (C=O) groups is 2. The van der Waals surface area contributed by atoms with Gasteiger partial charge in [0.05, 0.1) is 16.6 Å². The van der Waals surface area contributed by atoms with Gasteiger partial charge in [0, 0.05) is 11.0 Å². The van der Waals surface area contributed by atoms with Crippen molar-refractivity contribution in [2.75, 3.05) is 11.9 Å². The van der Waals surface area contributed by atoms with Crippen LogP contribution in [0, 0.1) is 0 Å². The number of nitrogens with two attached hydrogens (primary N) is 1. The number of fused-ring (bicyclic) bond motifs is 2. The van der Waals surface area contributed by atoms with Gasteiger partial charge in [0.15, 0.2) is 6.61 Å². The van der Waals surface area contributed by atoms with Crippen LogP contribution in [-0.2, 0) is 11.3 Å². The van der Waals surface area contributed by atoms with Gasteiger partial charge < -0.3 is 25.9 Å². The molecule has 1 aliphatic heterocycles. The summed E-state index contributed by atoms with van der Waals surface area (Å²) in [6, 6.07) is 10.4. The highest BCUT2D eigenvalue weighted by Crippen LogP contribution is 2.28. The molecule has 0 spiro atoms. The Hall–Kier alpha value is -2.95. The van der Waals surface area contributed by atoms with Crippen molar-refractivity contribution in [3.05, 3.63) is 62.6 Å². The van der Waals surface area contributed by atoms with E-state index in [4.69, 9.17) is 15.6 Å². The van der Waals surface area contributed by atoms with Gasteiger partial charge in [-0.25, -0.2) is 9.78 Å². The van der Waals surface area contributed by atoms with Gasteiger partial charge in [-0.15, -0.1) is 12.4 Å². The van der Waals surface area contributed by atoms with Crippen molar-refractivity contribution in [3.8, 4) is 5.75 Å². The number of halogens is 2. The predicted octanol–water partition coefficient (Wildman–Crippen LogP) is 2.28. The number of carbonyl (C=O) groups excluding carboxylic acids is 1. The minimum Gasteiger partial charge on any atom is -0.482 e. The molecule has 0 unspecified atom stereocenters. The van der Waals surface area contributed by atoms with E-state index in [2.05, 4.69) is 31.2 Å². The van der Waals surface area contributed by atoms with E-state index in [0.29, 0.717) is 28.9 Å². The zero-order valence-electron chi connectivity index (χ0n) is 14.8. The molecule has 2 heterocycles. The number of carboxylic acid groups (broad SMARTS) is 1. The Balaban J connectivity index is 0.000000202. The lowest BCUT2D eigenvalue weighted by atomic mass is 10.2. The number of nitrogens with one attached hydrogen (secondary N) is 2. The van der Waals surface area contributed by atoms with E-state index in [1.807, 2.05) is 12.1 Å². The number of amides is 1. The molecule has 2 aromatic carbocycles. The topological polar surface area (TPSA) is 147 Å². The maximum Gasteiger partial charge on any atom is 0.372 e. The van der Waals surface area contributed by atoms with Gasteiger partial charge in [-0.05, 0) is 35.9 Å². The van der Waals surface area contributed by atoms with Crippen molar-refractivity contribution in [2.24, 2.45) is 5.73 Å². The Bertz CT molecular complexity index is 1130. The average molecular weight is 484 g/mol. The highest BCUT2D eigenvalue weighted by atomic mass is 79.9. The maximum absolute atomic E-state index is 11.4. The normalized spacial score (nSPS) is 11.9. The van der Waals surface area contributed by atoms with Gasteiger partial charge in [-0.3, -0.25) is 9.59 Å². The number of ether oxygens (including phenoxy) is 1. The molecular weight excluding hydrogens is 468 g/mol. The lowest BCUT2D eigenvalue weighted by molar-refractivity contribution is -0.118. The number of aromatic nitrogens is 2. The number of rotatable bonds is 2. The van der Waals surface area contributed by atoms with E-state index in [9.17, 15) is 14.4 Å². The zero-order valence-corrected chi connectivity index (χ0v) is 17.2. The molecule has 1 amide bonds. The average Bonchev–Trinajstić information content (AvgIpc) is 2.67. The highest BCUT2D eigenvalue weighted by molar-refractivity contribution is 9.10. The van der Waals surface area contributed by atoms with Crippen LogP contribution in [0.5, 0.6) is 5.75 Å². The number of anilines is 1. The number of hydrogen-bond acceptors (Lipinski definition) is 6. The molecule has 3 aromatic rings. The first-order chi connectivity index (χ1) is 13.4. The van der Waals surface area contributed by atoms with E-state index < -0.39 is 11.5 Å². The summed E-state index contributed by atoms with van der Waals surface area (Å²) in [4.78, 5) is 39.0. The van der Waals surface area contributed by atoms with Crippen LogP contribution >= 0.6 is 28.3 Å². The summed E-state index contributed by atoms with van der Waals surface area (Å²) in [7, 11) is 0. The second-order valence-corrected chi connectivity index (χ2v) is 6.67. The fourth-order valence-corrected chi connectivity index (χ4v) is 2.81. The number of benzene rings is 2. The minimum atomic E-state index is -1.26. The van der Waals surface area contributed by atoms with Crippen LogP contribution in [0.25, 0.3) is 10.9 Å². The number of aromatic carboxylic acids is 1. The van der Waals surface area contributed by atoms with Gasteiger partial charge in [0.25, 0.3) is 11.5 Å². The third-order valence-electron chi connectivity index (χ3n) is 3.79. The molecule has 0 saturated carbocycles. The summed E-state index contributed by atoms with van der Waals surface area (Å²) >= 11 is 3.22. The van der Waals surface area contributed by atoms with Crippen molar-refractivity contribution in [1.82, 2.24) is 9.97 Å². The van der Waals surface area contributed by atoms with Gasteiger partial charge in [0.1, 0.15) is 5.75 Å². The summed E-state index contributed by atoms with van der Waals surface area (Å²) in [6.07, 6.45) is 0. The Labute approximate surface area is 178 Å². The van der Waals surface area contributed by atoms with Crippen molar-refractivity contribution in [3.63, 3.8) is 0 Å². The summed E-state index contributed by atoms with van der Waals surface area (Å²) in [5.41, 5.74) is 7.08. The molecule has 1 aliphatic rings. The molecule has 1 aromatic heterocycles. The van der Waals surface area contributed by atoms with E-state index >= 15 is 0 Å².